The minimum absolute atomic E-state index is 0.508. The van der Waals surface area contributed by atoms with E-state index >= 15 is 0 Å². The van der Waals surface area contributed by atoms with Crippen molar-refractivity contribution in [3.05, 3.63) is 0 Å². The zero-order valence-electron chi connectivity index (χ0n) is 14.8. The van der Waals surface area contributed by atoms with Crippen LogP contribution in [0.2, 0.25) is 0 Å². The SMILES string of the molecule is CN=C(NCCOC1CCCC1)N1CCC(N2CCCCC2)C1. The van der Waals surface area contributed by atoms with Crippen molar-refractivity contribution in [1.82, 2.24) is 15.1 Å². The first kappa shape index (κ1) is 17.0. The van der Waals surface area contributed by atoms with E-state index in [1.54, 1.807) is 0 Å². The van der Waals surface area contributed by atoms with Crippen LogP contribution in [0.25, 0.3) is 0 Å². The Kier molecular flexibility index (Phi) is 6.57. The van der Waals surface area contributed by atoms with Crippen molar-refractivity contribution in [2.75, 3.05) is 46.4 Å². The lowest BCUT2D eigenvalue weighted by molar-refractivity contribution is 0.0620. The molecular formula is C18H34N4O. The molecule has 1 aliphatic carbocycles. The van der Waals surface area contributed by atoms with E-state index in [9.17, 15) is 0 Å². The van der Waals surface area contributed by atoms with Crippen molar-refractivity contribution < 1.29 is 4.74 Å². The molecule has 5 nitrogen and oxygen atoms in total. The maximum Gasteiger partial charge on any atom is 0.193 e. The third-order valence-electron chi connectivity index (χ3n) is 5.62. The number of hydrogen-bond donors (Lipinski definition) is 1. The predicted molar refractivity (Wildman–Crippen MR) is 95.0 cm³/mol. The van der Waals surface area contributed by atoms with E-state index in [0.29, 0.717) is 6.10 Å². The van der Waals surface area contributed by atoms with E-state index in [1.807, 2.05) is 7.05 Å². The fourth-order valence-corrected chi connectivity index (χ4v) is 4.29. The number of piperidine rings is 1. The summed E-state index contributed by atoms with van der Waals surface area (Å²) in [7, 11) is 1.90. The summed E-state index contributed by atoms with van der Waals surface area (Å²) in [5, 5.41) is 3.49. The van der Waals surface area contributed by atoms with E-state index in [0.717, 1.165) is 38.2 Å². The van der Waals surface area contributed by atoms with E-state index in [1.165, 1.54) is 64.5 Å². The monoisotopic (exact) mass is 322 g/mol. The zero-order chi connectivity index (χ0) is 15.9. The minimum atomic E-state index is 0.508. The highest BCUT2D eigenvalue weighted by Gasteiger charge is 2.29. The second kappa shape index (κ2) is 8.88. The Morgan fingerprint density at radius 3 is 2.57 bits per heavy atom. The Balaban J connectivity index is 1.36. The lowest BCUT2D eigenvalue weighted by Crippen LogP contribution is -2.45. The summed E-state index contributed by atoms with van der Waals surface area (Å²) in [5.74, 6) is 1.06. The molecule has 3 fully saturated rings. The molecule has 0 amide bonds. The van der Waals surface area contributed by atoms with Gasteiger partial charge in [-0.15, -0.1) is 0 Å². The van der Waals surface area contributed by atoms with Crippen molar-refractivity contribution in [2.45, 2.75) is 63.5 Å². The quantitative estimate of drug-likeness (QED) is 0.478. The topological polar surface area (TPSA) is 40.1 Å². The van der Waals surface area contributed by atoms with Crippen molar-refractivity contribution in [3.63, 3.8) is 0 Å². The molecule has 0 spiro atoms. The highest BCUT2D eigenvalue weighted by molar-refractivity contribution is 5.80. The van der Waals surface area contributed by atoms with Crippen molar-refractivity contribution >= 4 is 5.96 Å². The van der Waals surface area contributed by atoms with E-state index in [-0.39, 0.29) is 0 Å². The Morgan fingerprint density at radius 1 is 1.04 bits per heavy atom. The van der Waals surface area contributed by atoms with Crippen LogP contribution >= 0.6 is 0 Å². The van der Waals surface area contributed by atoms with E-state index in [2.05, 4.69) is 20.1 Å². The van der Waals surface area contributed by atoms with Gasteiger partial charge in [-0.05, 0) is 45.2 Å². The number of nitrogens with one attached hydrogen (secondary N) is 1. The van der Waals surface area contributed by atoms with Gasteiger partial charge in [0.05, 0.1) is 12.7 Å². The van der Waals surface area contributed by atoms with E-state index < -0.39 is 0 Å². The largest absolute Gasteiger partial charge is 0.376 e. The van der Waals surface area contributed by atoms with Gasteiger partial charge >= 0.3 is 0 Å². The van der Waals surface area contributed by atoms with Crippen molar-refractivity contribution in [2.24, 2.45) is 4.99 Å². The van der Waals surface area contributed by atoms with Crippen molar-refractivity contribution in [3.8, 4) is 0 Å². The molecule has 0 aromatic rings. The van der Waals surface area contributed by atoms with Crippen LogP contribution in [-0.4, -0.2) is 74.3 Å². The molecule has 1 N–H and O–H groups in total. The van der Waals surface area contributed by atoms with Crippen LogP contribution in [0.1, 0.15) is 51.4 Å². The van der Waals surface area contributed by atoms with Gasteiger partial charge in [0.25, 0.3) is 0 Å². The number of rotatable bonds is 5. The van der Waals surface area contributed by atoms with Crippen LogP contribution in [0, 0.1) is 0 Å². The van der Waals surface area contributed by atoms with Crippen LogP contribution in [0.4, 0.5) is 0 Å². The Labute approximate surface area is 141 Å². The fraction of sp³-hybridized carbons (Fsp3) is 0.944. The molecule has 2 saturated heterocycles. The maximum absolute atomic E-state index is 5.93. The summed E-state index contributed by atoms with van der Waals surface area (Å²) in [4.78, 5) is 9.60. The third-order valence-corrected chi connectivity index (χ3v) is 5.62. The average Bonchev–Trinajstić information content (AvgIpc) is 3.27. The summed E-state index contributed by atoms with van der Waals surface area (Å²) in [5.41, 5.74) is 0. The molecule has 132 valence electrons. The first-order chi connectivity index (χ1) is 11.4. The molecule has 2 heterocycles. The van der Waals surface area contributed by atoms with Gasteiger partial charge in [-0.1, -0.05) is 19.3 Å². The predicted octanol–water partition coefficient (Wildman–Crippen LogP) is 2.08. The van der Waals surface area contributed by atoms with Gasteiger partial charge in [-0.25, -0.2) is 0 Å². The number of hydrogen-bond acceptors (Lipinski definition) is 3. The lowest BCUT2D eigenvalue weighted by atomic mass is 10.1. The molecule has 0 aromatic heterocycles. The Bertz CT molecular complexity index is 375. The van der Waals surface area contributed by atoms with E-state index in [4.69, 9.17) is 4.74 Å². The Hall–Kier alpha value is -0.810. The van der Waals surface area contributed by atoms with Gasteiger partial charge in [0.2, 0.25) is 0 Å². The second-order valence-corrected chi connectivity index (χ2v) is 7.24. The first-order valence-corrected chi connectivity index (χ1v) is 9.68. The third kappa shape index (κ3) is 4.83. The van der Waals surface area contributed by atoms with Gasteiger partial charge in [0.15, 0.2) is 5.96 Å². The second-order valence-electron chi connectivity index (χ2n) is 7.24. The molecule has 1 atom stereocenters. The molecule has 3 aliphatic rings. The smallest absolute Gasteiger partial charge is 0.193 e. The molecule has 2 aliphatic heterocycles. The highest BCUT2D eigenvalue weighted by atomic mass is 16.5. The number of guanidine groups is 1. The molecule has 0 aromatic carbocycles. The van der Waals surface area contributed by atoms with Gasteiger partial charge in [0.1, 0.15) is 0 Å². The summed E-state index contributed by atoms with van der Waals surface area (Å²) < 4.78 is 5.93. The van der Waals surface area contributed by atoms with Gasteiger partial charge in [0, 0.05) is 32.7 Å². The molecule has 1 saturated carbocycles. The molecule has 23 heavy (non-hydrogen) atoms. The Morgan fingerprint density at radius 2 is 1.83 bits per heavy atom. The molecular weight excluding hydrogens is 288 g/mol. The standard InChI is InChI=1S/C18H34N4O/c1-19-18(20-10-14-23-17-7-3-4-8-17)22-13-9-16(15-22)21-11-5-2-6-12-21/h16-17H,2-15H2,1H3,(H,19,20). The summed E-state index contributed by atoms with van der Waals surface area (Å²) in [6, 6.07) is 0.726. The summed E-state index contributed by atoms with van der Waals surface area (Å²) >= 11 is 0. The summed E-state index contributed by atoms with van der Waals surface area (Å²) in [6.45, 7) is 6.51. The van der Waals surface area contributed by atoms with Crippen LogP contribution in [0.15, 0.2) is 4.99 Å². The molecule has 5 heteroatoms. The molecule has 1 unspecified atom stereocenters. The van der Waals surface area contributed by atoms with Crippen LogP contribution < -0.4 is 5.32 Å². The number of nitrogens with zero attached hydrogens (tertiary/aromatic N) is 3. The van der Waals surface area contributed by atoms with Gasteiger partial charge in [-0.3, -0.25) is 9.89 Å². The van der Waals surface area contributed by atoms with Crippen LogP contribution in [-0.2, 0) is 4.74 Å². The molecule has 0 radical (unpaired) electrons. The number of ether oxygens (including phenoxy) is 1. The van der Waals surface area contributed by atoms with Crippen LogP contribution in [0.5, 0.6) is 0 Å². The highest BCUT2D eigenvalue weighted by Crippen LogP contribution is 2.21. The zero-order valence-corrected chi connectivity index (χ0v) is 14.8. The first-order valence-electron chi connectivity index (χ1n) is 9.68. The maximum atomic E-state index is 5.93. The normalized spacial score (nSPS) is 27.8. The van der Waals surface area contributed by atoms with Crippen molar-refractivity contribution in [1.29, 1.82) is 0 Å². The van der Waals surface area contributed by atoms with Gasteiger partial charge in [-0.2, -0.15) is 0 Å². The minimum Gasteiger partial charge on any atom is -0.376 e. The number of aliphatic imine (C=N–C) groups is 1. The molecule has 3 rings (SSSR count). The van der Waals surface area contributed by atoms with Crippen LogP contribution in [0.3, 0.4) is 0 Å². The fourth-order valence-electron chi connectivity index (χ4n) is 4.29. The molecule has 0 bridgehead atoms. The van der Waals surface area contributed by atoms with Gasteiger partial charge < -0.3 is 15.0 Å². The average molecular weight is 322 g/mol. The number of likely N-dealkylation sites (tertiary alicyclic amines) is 2. The lowest BCUT2D eigenvalue weighted by Gasteiger charge is -2.32. The summed E-state index contributed by atoms with van der Waals surface area (Å²) in [6.07, 6.45) is 11.1.